The maximum absolute atomic E-state index is 6.26. The first kappa shape index (κ1) is 24.3. The average molecular weight is 578 g/mol. The molecule has 0 aliphatic carbocycles. The standard InChI is InChI=1S/C40H23N3O2/c1-2-10-25(11-3-1)39-41-38(37-29-14-6-9-17-33(29)45-40(37)42-39)24-18-20-26(21-19-24)43-30-15-7-4-12-27(30)35-31(43)22-23-34-36(35)28-13-5-8-16-32(28)44-34/h1-23H. The number of rotatable bonds is 3. The summed E-state index contributed by atoms with van der Waals surface area (Å²) >= 11 is 0. The molecule has 0 aliphatic heterocycles. The van der Waals surface area contributed by atoms with Crippen molar-refractivity contribution >= 4 is 65.8 Å². The zero-order valence-corrected chi connectivity index (χ0v) is 23.9. The molecule has 0 atom stereocenters. The van der Waals surface area contributed by atoms with Crippen molar-refractivity contribution in [3.05, 3.63) is 140 Å². The van der Waals surface area contributed by atoms with E-state index >= 15 is 0 Å². The molecule has 0 saturated heterocycles. The van der Waals surface area contributed by atoms with Crippen molar-refractivity contribution in [2.75, 3.05) is 0 Å². The quantitative estimate of drug-likeness (QED) is 0.210. The molecule has 10 aromatic rings. The summed E-state index contributed by atoms with van der Waals surface area (Å²) in [5.41, 5.74) is 9.34. The molecular weight excluding hydrogens is 554 g/mol. The van der Waals surface area contributed by atoms with Crippen molar-refractivity contribution < 1.29 is 8.83 Å². The van der Waals surface area contributed by atoms with Gasteiger partial charge in [0.05, 0.1) is 22.1 Å². The van der Waals surface area contributed by atoms with E-state index in [0.29, 0.717) is 11.5 Å². The number of furan rings is 2. The second-order valence-corrected chi connectivity index (χ2v) is 11.4. The minimum absolute atomic E-state index is 0.586. The average Bonchev–Trinajstić information content (AvgIpc) is 3.77. The third kappa shape index (κ3) is 3.49. The normalized spacial score (nSPS) is 12.0. The highest BCUT2D eigenvalue weighted by atomic mass is 16.3. The Balaban J connectivity index is 1.21. The van der Waals surface area contributed by atoms with Gasteiger partial charge in [-0.1, -0.05) is 97.1 Å². The Kier molecular flexibility index (Phi) is 4.93. The van der Waals surface area contributed by atoms with E-state index in [9.17, 15) is 0 Å². The van der Waals surface area contributed by atoms with Gasteiger partial charge in [0.2, 0.25) is 5.71 Å². The van der Waals surface area contributed by atoms with E-state index in [1.165, 1.54) is 10.8 Å². The highest BCUT2D eigenvalue weighted by Gasteiger charge is 2.20. The Hall–Kier alpha value is -6.20. The molecule has 6 aromatic carbocycles. The lowest BCUT2D eigenvalue weighted by atomic mass is 10.0. The summed E-state index contributed by atoms with van der Waals surface area (Å²) in [7, 11) is 0. The highest BCUT2D eigenvalue weighted by molar-refractivity contribution is 6.27. The molecule has 0 bridgehead atoms. The highest BCUT2D eigenvalue weighted by Crippen LogP contribution is 2.42. The summed E-state index contributed by atoms with van der Waals surface area (Å²) in [5, 5.41) is 6.61. The van der Waals surface area contributed by atoms with Crippen molar-refractivity contribution in [2.24, 2.45) is 0 Å². The SMILES string of the molecule is c1ccc(-c2nc(-c3ccc(-n4c5ccccc5c5c6c(ccc54)oc4ccccc46)cc3)c3c(n2)oc2ccccc23)cc1. The summed E-state index contributed by atoms with van der Waals surface area (Å²) in [6.45, 7) is 0. The molecule has 0 aliphatic rings. The molecule has 0 amide bonds. The van der Waals surface area contributed by atoms with E-state index in [1.54, 1.807) is 0 Å². The van der Waals surface area contributed by atoms with Crippen LogP contribution in [0.25, 0.3) is 94.1 Å². The molecule has 4 aromatic heterocycles. The zero-order valence-electron chi connectivity index (χ0n) is 23.9. The molecule has 5 heteroatoms. The van der Waals surface area contributed by atoms with E-state index < -0.39 is 0 Å². The van der Waals surface area contributed by atoms with Crippen LogP contribution in [0.3, 0.4) is 0 Å². The number of benzene rings is 6. The van der Waals surface area contributed by atoms with Crippen LogP contribution >= 0.6 is 0 Å². The summed E-state index contributed by atoms with van der Waals surface area (Å²) < 4.78 is 14.9. The van der Waals surface area contributed by atoms with Gasteiger partial charge in [-0.2, -0.15) is 4.98 Å². The van der Waals surface area contributed by atoms with Gasteiger partial charge in [-0.15, -0.1) is 0 Å². The van der Waals surface area contributed by atoms with E-state index in [4.69, 9.17) is 18.8 Å². The van der Waals surface area contributed by atoms with Gasteiger partial charge < -0.3 is 13.4 Å². The maximum atomic E-state index is 6.26. The fraction of sp³-hybridized carbons (Fsp3) is 0. The van der Waals surface area contributed by atoms with Crippen LogP contribution < -0.4 is 0 Å². The van der Waals surface area contributed by atoms with Crippen LogP contribution in [0.5, 0.6) is 0 Å². The topological polar surface area (TPSA) is 57.0 Å². The van der Waals surface area contributed by atoms with Crippen molar-refractivity contribution in [2.45, 2.75) is 0 Å². The van der Waals surface area contributed by atoms with Gasteiger partial charge in [-0.3, -0.25) is 0 Å². The third-order valence-corrected chi connectivity index (χ3v) is 8.85. The number of fused-ring (bicyclic) bond motifs is 10. The van der Waals surface area contributed by atoms with E-state index in [0.717, 1.165) is 71.8 Å². The Morgan fingerprint density at radius 3 is 1.89 bits per heavy atom. The lowest BCUT2D eigenvalue weighted by molar-refractivity contribution is 0.653. The van der Waals surface area contributed by atoms with Crippen LogP contribution in [0.2, 0.25) is 0 Å². The number of hydrogen-bond acceptors (Lipinski definition) is 4. The summed E-state index contributed by atoms with van der Waals surface area (Å²) in [6, 6.07) is 47.9. The van der Waals surface area contributed by atoms with Gasteiger partial charge >= 0.3 is 0 Å². The first-order valence-corrected chi connectivity index (χ1v) is 15.0. The summed E-state index contributed by atoms with van der Waals surface area (Å²) in [5.74, 6) is 0.639. The van der Waals surface area contributed by atoms with Crippen molar-refractivity contribution in [3.8, 4) is 28.3 Å². The van der Waals surface area contributed by atoms with Crippen molar-refractivity contribution in [1.82, 2.24) is 14.5 Å². The minimum atomic E-state index is 0.586. The van der Waals surface area contributed by atoms with Crippen molar-refractivity contribution in [3.63, 3.8) is 0 Å². The summed E-state index contributed by atoms with van der Waals surface area (Å²) in [6.07, 6.45) is 0. The van der Waals surface area contributed by atoms with Gasteiger partial charge in [-0.25, -0.2) is 4.98 Å². The van der Waals surface area contributed by atoms with Crippen LogP contribution in [0.4, 0.5) is 0 Å². The molecule has 210 valence electrons. The lowest BCUT2D eigenvalue weighted by Crippen LogP contribution is -1.96. The molecule has 0 spiro atoms. The molecule has 0 N–H and O–H groups in total. The molecule has 45 heavy (non-hydrogen) atoms. The Morgan fingerprint density at radius 1 is 0.422 bits per heavy atom. The smallest absolute Gasteiger partial charge is 0.231 e. The molecule has 0 fully saturated rings. The van der Waals surface area contributed by atoms with Crippen LogP contribution in [0.1, 0.15) is 0 Å². The molecule has 0 unspecified atom stereocenters. The second-order valence-electron chi connectivity index (χ2n) is 11.4. The largest absolute Gasteiger partial charge is 0.456 e. The Labute approximate surface area is 256 Å². The lowest BCUT2D eigenvalue weighted by Gasteiger charge is -2.10. The maximum Gasteiger partial charge on any atom is 0.231 e. The van der Waals surface area contributed by atoms with E-state index in [-0.39, 0.29) is 0 Å². The third-order valence-electron chi connectivity index (χ3n) is 8.85. The Bertz CT molecular complexity index is 2750. The first-order valence-electron chi connectivity index (χ1n) is 15.0. The molecule has 10 rings (SSSR count). The number of para-hydroxylation sites is 3. The number of aromatic nitrogens is 3. The fourth-order valence-corrected chi connectivity index (χ4v) is 6.87. The van der Waals surface area contributed by atoms with Gasteiger partial charge in [0.25, 0.3) is 0 Å². The predicted octanol–water partition coefficient (Wildman–Crippen LogP) is 10.7. The molecule has 5 nitrogen and oxygen atoms in total. The second kappa shape index (κ2) is 9.15. The minimum Gasteiger partial charge on any atom is -0.456 e. The fourth-order valence-electron chi connectivity index (χ4n) is 6.87. The van der Waals surface area contributed by atoms with Crippen LogP contribution in [-0.2, 0) is 0 Å². The van der Waals surface area contributed by atoms with Gasteiger partial charge in [0.1, 0.15) is 16.7 Å². The van der Waals surface area contributed by atoms with Crippen LogP contribution in [-0.4, -0.2) is 14.5 Å². The number of nitrogens with zero attached hydrogens (tertiary/aromatic N) is 3. The predicted molar refractivity (Wildman–Crippen MR) is 182 cm³/mol. The summed E-state index contributed by atoms with van der Waals surface area (Å²) in [4.78, 5) is 9.97. The van der Waals surface area contributed by atoms with E-state index in [1.807, 2.05) is 60.7 Å². The number of hydrogen-bond donors (Lipinski definition) is 0. The van der Waals surface area contributed by atoms with Gasteiger partial charge in [-0.05, 0) is 42.5 Å². The Morgan fingerprint density at radius 2 is 1.09 bits per heavy atom. The first-order chi connectivity index (χ1) is 22.3. The van der Waals surface area contributed by atoms with E-state index in [2.05, 4.69) is 83.4 Å². The monoisotopic (exact) mass is 577 g/mol. The van der Waals surface area contributed by atoms with Gasteiger partial charge in [0.15, 0.2) is 5.82 Å². The molecular formula is C40H23N3O2. The molecule has 0 radical (unpaired) electrons. The molecule has 0 saturated carbocycles. The van der Waals surface area contributed by atoms with Gasteiger partial charge in [0, 0.05) is 43.7 Å². The van der Waals surface area contributed by atoms with Crippen LogP contribution in [0.15, 0.2) is 148 Å². The van der Waals surface area contributed by atoms with Crippen molar-refractivity contribution in [1.29, 1.82) is 0 Å². The zero-order chi connectivity index (χ0) is 29.5. The van der Waals surface area contributed by atoms with Crippen LogP contribution in [0, 0.1) is 0 Å². The molecule has 4 heterocycles.